The Morgan fingerprint density at radius 2 is 2.25 bits per heavy atom. The van der Waals surface area contributed by atoms with E-state index in [2.05, 4.69) is 41.2 Å². The molecule has 0 aliphatic heterocycles. The average Bonchev–Trinajstić information content (AvgIpc) is 2.35. The number of hydrogen-bond acceptors (Lipinski definition) is 5. The minimum absolute atomic E-state index is 0.170. The summed E-state index contributed by atoms with van der Waals surface area (Å²) >= 11 is 5.91. The number of halogens is 1. The second kappa shape index (κ2) is 6.14. The summed E-state index contributed by atoms with van der Waals surface area (Å²) in [4.78, 5) is 10.4. The first-order valence-corrected chi connectivity index (χ1v) is 7.50. The summed E-state index contributed by atoms with van der Waals surface area (Å²) in [5.41, 5.74) is 5.80. The van der Waals surface area contributed by atoms with Crippen molar-refractivity contribution in [3.63, 3.8) is 0 Å². The Bertz CT molecular complexity index is 445. The average molecular weight is 298 g/mol. The molecule has 1 saturated carbocycles. The van der Waals surface area contributed by atoms with Crippen LogP contribution < -0.4 is 11.1 Å². The number of anilines is 2. The highest BCUT2D eigenvalue weighted by Crippen LogP contribution is 2.35. The number of nitrogens with two attached hydrogens (primary N) is 1. The van der Waals surface area contributed by atoms with Gasteiger partial charge in [0.1, 0.15) is 11.0 Å². The largest absolute Gasteiger partial charge is 0.368 e. The van der Waals surface area contributed by atoms with Crippen molar-refractivity contribution in [2.45, 2.75) is 38.1 Å². The van der Waals surface area contributed by atoms with Gasteiger partial charge in [0, 0.05) is 18.2 Å². The Morgan fingerprint density at radius 3 is 2.85 bits per heavy atom. The minimum atomic E-state index is 0.170. The van der Waals surface area contributed by atoms with E-state index >= 15 is 0 Å². The van der Waals surface area contributed by atoms with Crippen LogP contribution in [0.25, 0.3) is 0 Å². The molecule has 5 nitrogen and oxygen atoms in total. The van der Waals surface area contributed by atoms with E-state index in [0.717, 1.165) is 12.5 Å². The van der Waals surface area contributed by atoms with Crippen molar-refractivity contribution >= 4 is 23.4 Å². The third kappa shape index (κ3) is 3.52. The first-order chi connectivity index (χ1) is 9.41. The van der Waals surface area contributed by atoms with Crippen LogP contribution in [0.2, 0.25) is 5.15 Å². The SMILES string of the molecule is CC1CCCC(CNc2cc(Cl)nc(N)n2)(N(C)C)C1. The van der Waals surface area contributed by atoms with Gasteiger partial charge in [-0.05, 0) is 32.9 Å². The van der Waals surface area contributed by atoms with Crippen molar-refractivity contribution in [1.82, 2.24) is 14.9 Å². The first-order valence-electron chi connectivity index (χ1n) is 7.13. The van der Waals surface area contributed by atoms with Crippen LogP contribution in [0.1, 0.15) is 32.6 Å². The number of nitrogen functional groups attached to an aromatic ring is 1. The van der Waals surface area contributed by atoms with Crippen LogP contribution in [0.4, 0.5) is 11.8 Å². The monoisotopic (exact) mass is 297 g/mol. The fourth-order valence-corrected chi connectivity index (χ4v) is 3.33. The highest BCUT2D eigenvalue weighted by molar-refractivity contribution is 6.29. The highest BCUT2D eigenvalue weighted by atomic mass is 35.5. The molecule has 0 amide bonds. The molecule has 2 atom stereocenters. The van der Waals surface area contributed by atoms with E-state index in [-0.39, 0.29) is 11.5 Å². The lowest BCUT2D eigenvalue weighted by Crippen LogP contribution is -2.52. The molecule has 1 aromatic rings. The fraction of sp³-hybridized carbons (Fsp3) is 0.714. The fourth-order valence-electron chi connectivity index (χ4n) is 3.14. The zero-order valence-electron chi connectivity index (χ0n) is 12.5. The van der Waals surface area contributed by atoms with E-state index in [1.54, 1.807) is 6.07 Å². The second-order valence-corrected chi connectivity index (χ2v) is 6.50. The summed E-state index contributed by atoms with van der Waals surface area (Å²) in [7, 11) is 4.31. The number of nitrogens with zero attached hydrogens (tertiary/aromatic N) is 3. The van der Waals surface area contributed by atoms with Gasteiger partial charge in [-0.1, -0.05) is 31.4 Å². The predicted molar refractivity (Wildman–Crippen MR) is 84.0 cm³/mol. The van der Waals surface area contributed by atoms with Crippen LogP contribution in [0.3, 0.4) is 0 Å². The maximum atomic E-state index is 5.91. The summed E-state index contributed by atoms with van der Waals surface area (Å²) in [6.07, 6.45) is 4.99. The quantitative estimate of drug-likeness (QED) is 0.836. The molecule has 0 saturated heterocycles. The van der Waals surface area contributed by atoms with Crippen LogP contribution in [-0.2, 0) is 0 Å². The second-order valence-electron chi connectivity index (χ2n) is 6.11. The van der Waals surface area contributed by atoms with E-state index < -0.39 is 0 Å². The Morgan fingerprint density at radius 1 is 1.50 bits per heavy atom. The molecule has 1 aliphatic rings. The summed E-state index contributed by atoms with van der Waals surface area (Å²) in [6.45, 7) is 3.17. The third-order valence-electron chi connectivity index (χ3n) is 4.33. The molecule has 20 heavy (non-hydrogen) atoms. The molecule has 1 aromatic heterocycles. The van der Waals surface area contributed by atoms with E-state index in [1.165, 1.54) is 25.7 Å². The molecular weight excluding hydrogens is 274 g/mol. The van der Waals surface area contributed by atoms with Gasteiger partial charge in [-0.15, -0.1) is 0 Å². The molecule has 1 aliphatic carbocycles. The lowest BCUT2D eigenvalue weighted by molar-refractivity contribution is 0.0881. The number of nitrogens with one attached hydrogen (secondary N) is 1. The number of rotatable bonds is 4. The van der Waals surface area contributed by atoms with Crippen molar-refractivity contribution in [2.24, 2.45) is 5.92 Å². The van der Waals surface area contributed by atoms with Crippen LogP contribution in [-0.4, -0.2) is 41.0 Å². The van der Waals surface area contributed by atoms with Crippen molar-refractivity contribution in [3.8, 4) is 0 Å². The van der Waals surface area contributed by atoms with Gasteiger partial charge in [0.2, 0.25) is 5.95 Å². The molecule has 112 valence electrons. The smallest absolute Gasteiger partial charge is 0.223 e. The molecule has 3 N–H and O–H groups in total. The summed E-state index contributed by atoms with van der Waals surface area (Å²) in [5.74, 6) is 1.66. The van der Waals surface area contributed by atoms with Gasteiger partial charge < -0.3 is 16.0 Å². The molecule has 6 heteroatoms. The molecule has 2 rings (SSSR count). The molecule has 0 bridgehead atoms. The molecule has 0 spiro atoms. The van der Waals surface area contributed by atoms with Crippen molar-refractivity contribution in [1.29, 1.82) is 0 Å². The maximum absolute atomic E-state index is 5.91. The van der Waals surface area contributed by atoms with Crippen molar-refractivity contribution in [3.05, 3.63) is 11.2 Å². The highest BCUT2D eigenvalue weighted by Gasteiger charge is 2.36. The standard InChI is InChI=1S/C14H24ClN5/c1-10-5-4-6-14(8-10,20(2)3)9-17-12-7-11(15)18-13(16)19-12/h7,10H,4-6,8-9H2,1-3H3,(H3,16,17,18,19). The minimum Gasteiger partial charge on any atom is -0.368 e. The van der Waals surface area contributed by atoms with E-state index in [9.17, 15) is 0 Å². The lowest BCUT2D eigenvalue weighted by Gasteiger charge is -2.45. The number of likely N-dealkylation sites (N-methyl/N-ethyl adjacent to an activating group) is 1. The number of hydrogen-bond donors (Lipinski definition) is 2. The predicted octanol–water partition coefficient (Wildman–Crippen LogP) is 2.63. The zero-order chi connectivity index (χ0) is 14.8. The van der Waals surface area contributed by atoms with E-state index in [1.807, 2.05) is 0 Å². The molecule has 0 radical (unpaired) electrons. The summed E-state index contributed by atoms with van der Waals surface area (Å²) in [5, 5.41) is 3.75. The van der Waals surface area contributed by atoms with Crippen molar-refractivity contribution in [2.75, 3.05) is 31.7 Å². The molecule has 2 unspecified atom stereocenters. The Hall–Kier alpha value is -1.07. The van der Waals surface area contributed by atoms with Crippen LogP contribution in [0, 0.1) is 5.92 Å². The Labute approximate surface area is 125 Å². The summed E-state index contributed by atoms with van der Waals surface area (Å²) in [6, 6.07) is 1.72. The molecular formula is C14H24ClN5. The van der Waals surface area contributed by atoms with Gasteiger partial charge in [-0.3, -0.25) is 0 Å². The normalized spacial score (nSPS) is 26.8. The molecule has 1 heterocycles. The van der Waals surface area contributed by atoms with Gasteiger partial charge in [0.15, 0.2) is 0 Å². The van der Waals surface area contributed by atoms with Crippen LogP contribution in [0.5, 0.6) is 0 Å². The van der Waals surface area contributed by atoms with E-state index in [4.69, 9.17) is 17.3 Å². The van der Waals surface area contributed by atoms with E-state index in [0.29, 0.717) is 11.0 Å². The zero-order valence-corrected chi connectivity index (χ0v) is 13.2. The third-order valence-corrected chi connectivity index (χ3v) is 4.52. The summed E-state index contributed by atoms with van der Waals surface area (Å²) < 4.78 is 0. The van der Waals surface area contributed by atoms with Crippen LogP contribution >= 0.6 is 11.6 Å². The van der Waals surface area contributed by atoms with Crippen molar-refractivity contribution < 1.29 is 0 Å². The van der Waals surface area contributed by atoms with Gasteiger partial charge in [-0.25, -0.2) is 4.98 Å². The Balaban J connectivity index is 2.09. The van der Waals surface area contributed by atoms with Gasteiger partial charge in [0.25, 0.3) is 0 Å². The number of aromatic nitrogens is 2. The van der Waals surface area contributed by atoms with Gasteiger partial charge in [0.05, 0.1) is 0 Å². The lowest BCUT2D eigenvalue weighted by atomic mass is 9.75. The maximum Gasteiger partial charge on any atom is 0.223 e. The van der Waals surface area contributed by atoms with Crippen LogP contribution in [0.15, 0.2) is 6.07 Å². The van der Waals surface area contributed by atoms with Gasteiger partial charge in [-0.2, -0.15) is 4.98 Å². The molecule has 1 fully saturated rings. The van der Waals surface area contributed by atoms with Gasteiger partial charge >= 0.3 is 0 Å². The first kappa shape index (κ1) is 15.3. The Kier molecular flexibility index (Phi) is 4.70. The topological polar surface area (TPSA) is 67.1 Å². The molecule has 0 aromatic carbocycles.